The average molecular weight is 358 g/mol. The first kappa shape index (κ1) is 18.3. The van der Waals surface area contributed by atoms with E-state index in [0.29, 0.717) is 24.5 Å². The number of para-hydroxylation sites is 1. The summed E-state index contributed by atoms with van der Waals surface area (Å²) in [6.45, 7) is 2.66. The van der Waals surface area contributed by atoms with E-state index in [4.69, 9.17) is 9.47 Å². The van der Waals surface area contributed by atoms with E-state index in [9.17, 15) is 4.79 Å². The van der Waals surface area contributed by atoms with Crippen molar-refractivity contribution in [3.63, 3.8) is 0 Å². The summed E-state index contributed by atoms with van der Waals surface area (Å²) >= 11 is 0. The zero-order valence-electron chi connectivity index (χ0n) is 15.4. The fourth-order valence-corrected chi connectivity index (χ4v) is 3.16. The topological polar surface area (TPSA) is 68.6 Å². The predicted molar refractivity (Wildman–Crippen MR) is 99.7 cm³/mol. The summed E-state index contributed by atoms with van der Waals surface area (Å²) in [7, 11) is 3.62. The van der Waals surface area contributed by atoms with Crippen LogP contribution in [0.3, 0.4) is 0 Å². The lowest BCUT2D eigenvalue weighted by Crippen LogP contribution is -2.45. The number of ether oxygens (including phenoxy) is 2. The highest BCUT2D eigenvalue weighted by molar-refractivity contribution is 5.97. The molecular formula is C19H26N4O3. The number of imidazole rings is 1. The normalized spacial score (nSPS) is 15.1. The van der Waals surface area contributed by atoms with Crippen molar-refractivity contribution < 1.29 is 14.3 Å². The maximum absolute atomic E-state index is 12.7. The maximum Gasteiger partial charge on any atom is 0.255 e. The molecule has 1 aliphatic heterocycles. The molecule has 1 aromatic heterocycles. The minimum absolute atomic E-state index is 0.0894. The van der Waals surface area contributed by atoms with Gasteiger partial charge in [-0.1, -0.05) is 12.1 Å². The molecule has 0 aliphatic carbocycles. The smallest absolute Gasteiger partial charge is 0.255 e. The van der Waals surface area contributed by atoms with Gasteiger partial charge >= 0.3 is 0 Å². The number of aryl methyl sites for hydroxylation is 1. The lowest BCUT2D eigenvalue weighted by molar-refractivity contribution is 0.0923. The minimum atomic E-state index is -0.0894. The van der Waals surface area contributed by atoms with Crippen LogP contribution in [0.5, 0.6) is 5.75 Å². The van der Waals surface area contributed by atoms with E-state index < -0.39 is 0 Å². The maximum atomic E-state index is 12.7. The van der Waals surface area contributed by atoms with Crippen LogP contribution in [0.15, 0.2) is 36.7 Å². The zero-order chi connectivity index (χ0) is 18.4. The Labute approximate surface area is 153 Å². The highest BCUT2D eigenvalue weighted by atomic mass is 16.5. The highest BCUT2D eigenvalue weighted by Gasteiger charge is 2.24. The molecule has 2 aromatic rings. The largest absolute Gasteiger partial charge is 0.490 e. The van der Waals surface area contributed by atoms with Crippen LogP contribution in [0, 0.1) is 0 Å². The third kappa shape index (κ3) is 4.35. The van der Waals surface area contributed by atoms with Crippen LogP contribution < -0.4 is 15.0 Å². The van der Waals surface area contributed by atoms with E-state index in [0.717, 1.165) is 31.9 Å². The Morgan fingerprint density at radius 2 is 2.04 bits per heavy atom. The van der Waals surface area contributed by atoms with Crippen LogP contribution in [0.1, 0.15) is 23.2 Å². The molecule has 1 amide bonds. The molecular weight excluding hydrogens is 332 g/mol. The van der Waals surface area contributed by atoms with E-state index in [-0.39, 0.29) is 11.9 Å². The van der Waals surface area contributed by atoms with Crippen molar-refractivity contribution in [1.29, 1.82) is 0 Å². The fourth-order valence-electron chi connectivity index (χ4n) is 3.16. The molecule has 140 valence electrons. The Morgan fingerprint density at radius 1 is 1.27 bits per heavy atom. The molecule has 0 atom stereocenters. The molecule has 7 nitrogen and oxygen atoms in total. The molecule has 0 saturated carbocycles. The van der Waals surface area contributed by atoms with E-state index in [1.807, 2.05) is 42.2 Å². The molecule has 0 unspecified atom stereocenters. The van der Waals surface area contributed by atoms with Gasteiger partial charge in [-0.2, -0.15) is 0 Å². The van der Waals surface area contributed by atoms with Gasteiger partial charge in [-0.05, 0) is 25.0 Å². The number of anilines is 1. The number of amides is 1. The lowest BCUT2D eigenvalue weighted by atomic mass is 10.0. The number of rotatable bonds is 7. The van der Waals surface area contributed by atoms with Gasteiger partial charge in [-0.15, -0.1) is 0 Å². The van der Waals surface area contributed by atoms with Gasteiger partial charge in [0.25, 0.3) is 5.91 Å². The predicted octanol–water partition coefficient (Wildman–Crippen LogP) is 1.84. The summed E-state index contributed by atoms with van der Waals surface area (Å²) in [5.74, 6) is 1.48. The summed E-state index contributed by atoms with van der Waals surface area (Å²) < 4.78 is 12.7. The van der Waals surface area contributed by atoms with Gasteiger partial charge in [0.2, 0.25) is 5.95 Å². The first-order valence-electron chi connectivity index (χ1n) is 8.93. The van der Waals surface area contributed by atoms with Gasteiger partial charge in [-0.3, -0.25) is 4.79 Å². The van der Waals surface area contributed by atoms with Crippen LogP contribution in [0.2, 0.25) is 0 Å². The van der Waals surface area contributed by atoms with Crippen molar-refractivity contribution in [2.45, 2.75) is 18.9 Å². The zero-order valence-corrected chi connectivity index (χ0v) is 15.4. The summed E-state index contributed by atoms with van der Waals surface area (Å²) in [6, 6.07) is 7.48. The van der Waals surface area contributed by atoms with Crippen molar-refractivity contribution in [1.82, 2.24) is 14.9 Å². The quantitative estimate of drug-likeness (QED) is 0.765. The van der Waals surface area contributed by atoms with E-state index in [2.05, 4.69) is 15.2 Å². The first-order chi connectivity index (χ1) is 12.7. The van der Waals surface area contributed by atoms with Gasteiger partial charge < -0.3 is 24.3 Å². The average Bonchev–Trinajstić information content (AvgIpc) is 3.09. The number of aromatic nitrogens is 2. The number of carbonyl (C=O) groups is 1. The lowest BCUT2D eigenvalue weighted by Gasteiger charge is -2.33. The van der Waals surface area contributed by atoms with Crippen molar-refractivity contribution in [3.8, 4) is 5.75 Å². The van der Waals surface area contributed by atoms with Crippen molar-refractivity contribution in [3.05, 3.63) is 42.2 Å². The fraction of sp³-hybridized carbons (Fsp3) is 0.474. The second-order valence-corrected chi connectivity index (χ2v) is 6.41. The third-order valence-corrected chi connectivity index (χ3v) is 4.59. The Kier molecular flexibility index (Phi) is 6.12. The molecule has 0 spiro atoms. The van der Waals surface area contributed by atoms with Gasteiger partial charge in [0.15, 0.2) is 0 Å². The Bertz CT molecular complexity index is 723. The third-order valence-electron chi connectivity index (χ3n) is 4.59. The highest BCUT2D eigenvalue weighted by Crippen LogP contribution is 2.20. The Balaban J connectivity index is 1.55. The van der Waals surface area contributed by atoms with E-state index in [1.165, 1.54) is 0 Å². The summed E-state index contributed by atoms with van der Waals surface area (Å²) in [4.78, 5) is 19.3. The van der Waals surface area contributed by atoms with Crippen LogP contribution in [-0.2, 0) is 11.8 Å². The summed E-state index contributed by atoms with van der Waals surface area (Å²) in [5.41, 5.74) is 0.565. The van der Waals surface area contributed by atoms with Crippen molar-refractivity contribution in [2.24, 2.45) is 7.05 Å². The van der Waals surface area contributed by atoms with Crippen LogP contribution in [0.4, 0.5) is 5.95 Å². The SMILES string of the molecule is COCCOc1ccccc1C(=O)NC1CCN(c2nccn2C)CC1. The molecule has 1 fully saturated rings. The number of benzene rings is 1. The van der Waals surface area contributed by atoms with E-state index >= 15 is 0 Å². The number of piperidine rings is 1. The number of methoxy groups -OCH3 is 1. The van der Waals surface area contributed by atoms with Gasteiger partial charge in [0.05, 0.1) is 12.2 Å². The van der Waals surface area contributed by atoms with Crippen molar-refractivity contribution >= 4 is 11.9 Å². The minimum Gasteiger partial charge on any atom is -0.490 e. The van der Waals surface area contributed by atoms with Crippen molar-refractivity contribution in [2.75, 3.05) is 38.3 Å². The summed E-state index contributed by atoms with van der Waals surface area (Å²) in [6.07, 6.45) is 5.55. The van der Waals surface area contributed by atoms with Crippen LogP contribution >= 0.6 is 0 Å². The molecule has 2 heterocycles. The Hall–Kier alpha value is -2.54. The number of hydrogen-bond donors (Lipinski definition) is 1. The molecule has 0 radical (unpaired) electrons. The number of nitrogens with zero attached hydrogens (tertiary/aromatic N) is 3. The molecule has 3 rings (SSSR count). The molecule has 1 aliphatic rings. The first-order valence-corrected chi connectivity index (χ1v) is 8.93. The number of carbonyl (C=O) groups excluding carboxylic acids is 1. The standard InChI is InChI=1S/C19H26N4O3/c1-22-12-9-20-19(22)23-10-7-15(8-11-23)21-18(24)16-5-3-4-6-17(16)26-14-13-25-2/h3-6,9,12,15H,7-8,10-11,13-14H2,1-2H3,(H,21,24). The molecule has 7 heteroatoms. The van der Waals surface area contributed by atoms with Gasteiger partial charge in [0, 0.05) is 45.7 Å². The van der Waals surface area contributed by atoms with Gasteiger partial charge in [0.1, 0.15) is 12.4 Å². The molecule has 1 saturated heterocycles. The number of nitrogens with one attached hydrogen (secondary N) is 1. The van der Waals surface area contributed by atoms with Crippen LogP contribution in [0.25, 0.3) is 0 Å². The molecule has 1 aromatic carbocycles. The Morgan fingerprint density at radius 3 is 2.73 bits per heavy atom. The second-order valence-electron chi connectivity index (χ2n) is 6.41. The molecule has 1 N–H and O–H groups in total. The molecule has 0 bridgehead atoms. The summed E-state index contributed by atoms with van der Waals surface area (Å²) in [5, 5.41) is 3.14. The monoisotopic (exact) mass is 358 g/mol. The van der Waals surface area contributed by atoms with Gasteiger partial charge in [-0.25, -0.2) is 4.98 Å². The van der Waals surface area contributed by atoms with Crippen LogP contribution in [-0.4, -0.2) is 54.9 Å². The molecule has 26 heavy (non-hydrogen) atoms. The second kappa shape index (κ2) is 8.71. The number of hydrogen-bond acceptors (Lipinski definition) is 5. The van der Waals surface area contributed by atoms with E-state index in [1.54, 1.807) is 13.2 Å².